The maximum Gasteiger partial charge on any atom is 0.307 e. The van der Waals surface area contributed by atoms with E-state index in [1.54, 1.807) is 12.3 Å². The first kappa shape index (κ1) is 16.9. The Balaban J connectivity index is 1.84. The number of nitrogens with zero attached hydrogens (tertiary/aromatic N) is 3. The average Bonchev–Trinajstić information content (AvgIpc) is 3.11. The van der Waals surface area contributed by atoms with Crippen LogP contribution in [0.2, 0.25) is 5.02 Å². The van der Waals surface area contributed by atoms with Crippen LogP contribution in [0.4, 0.5) is 0 Å². The molecule has 2 aromatic heterocycles. The van der Waals surface area contributed by atoms with Gasteiger partial charge in [0.05, 0.1) is 6.54 Å². The Morgan fingerprint density at radius 3 is 2.79 bits per heavy atom. The van der Waals surface area contributed by atoms with Crippen LogP contribution in [0.25, 0.3) is 0 Å². The number of benzene rings is 1. The number of rotatable bonds is 4. The summed E-state index contributed by atoms with van der Waals surface area (Å²) in [6, 6.07) is 7.56. The van der Waals surface area contributed by atoms with E-state index >= 15 is 0 Å². The molecule has 0 unspecified atom stereocenters. The van der Waals surface area contributed by atoms with Crippen LogP contribution in [0.3, 0.4) is 0 Å². The first-order valence-corrected chi connectivity index (χ1v) is 9.28. The summed E-state index contributed by atoms with van der Waals surface area (Å²) >= 11 is 8.64. The average molecular weight is 380 g/mol. The first-order chi connectivity index (χ1) is 11.5. The van der Waals surface area contributed by atoms with Crippen molar-refractivity contribution in [1.82, 2.24) is 9.13 Å². The summed E-state index contributed by atoms with van der Waals surface area (Å²) in [5.41, 5.74) is 1.72. The lowest BCUT2D eigenvalue weighted by Crippen LogP contribution is -2.23. The molecule has 0 atom stereocenters. The van der Waals surface area contributed by atoms with Gasteiger partial charge in [-0.1, -0.05) is 41.1 Å². The number of carbonyl (C=O) groups is 1. The molecule has 0 aliphatic rings. The fourth-order valence-corrected chi connectivity index (χ4v) is 3.87. The molecule has 8 heteroatoms. The van der Waals surface area contributed by atoms with E-state index in [0.717, 1.165) is 22.6 Å². The lowest BCUT2D eigenvalue weighted by atomic mass is 10.2. The molecule has 0 radical (unpaired) electrons. The highest BCUT2D eigenvalue weighted by Gasteiger charge is 2.08. The second-order valence-electron chi connectivity index (χ2n) is 5.14. The van der Waals surface area contributed by atoms with Crippen molar-refractivity contribution in [3.05, 3.63) is 72.0 Å². The van der Waals surface area contributed by atoms with E-state index in [0.29, 0.717) is 16.4 Å². The summed E-state index contributed by atoms with van der Waals surface area (Å²) in [6.45, 7) is 2.29. The van der Waals surface area contributed by atoms with E-state index in [9.17, 15) is 9.59 Å². The highest BCUT2D eigenvalue weighted by Crippen LogP contribution is 2.15. The van der Waals surface area contributed by atoms with Crippen molar-refractivity contribution >= 4 is 40.2 Å². The van der Waals surface area contributed by atoms with Crippen LogP contribution < -0.4 is 9.67 Å². The Labute approximate surface area is 151 Å². The van der Waals surface area contributed by atoms with Crippen LogP contribution >= 0.6 is 34.3 Å². The van der Waals surface area contributed by atoms with Crippen molar-refractivity contribution in [2.75, 3.05) is 0 Å². The smallest absolute Gasteiger partial charge is 0.307 e. The van der Waals surface area contributed by atoms with Crippen LogP contribution in [0.15, 0.2) is 51.0 Å². The van der Waals surface area contributed by atoms with Crippen molar-refractivity contribution in [3.8, 4) is 0 Å². The zero-order valence-corrected chi connectivity index (χ0v) is 15.2. The number of carbonyl (C=O) groups excluding carboxylic acids is 1. The fourth-order valence-electron chi connectivity index (χ4n) is 2.19. The minimum Gasteiger partial charge on any atom is -0.319 e. The molecule has 24 heavy (non-hydrogen) atoms. The normalized spacial score (nSPS) is 11.8. The van der Waals surface area contributed by atoms with Gasteiger partial charge in [-0.2, -0.15) is 4.99 Å². The molecule has 1 aromatic carbocycles. The van der Waals surface area contributed by atoms with Gasteiger partial charge in [0.25, 0.3) is 5.91 Å². The number of hydrogen-bond donors (Lipinski definition) is 0. The topological polar surface area (TPSA) is 56.4 Å². The Kier molecular flexibility index (Phi) is 5.13. The minimum absolute atomic E-state index is 0.0435. The second kappa shape index (κ2) is 7.29. The maximum atomic E-state index is 12.2. The number of aryl methyl sites for hydroxylation is 1. The van der Waals surface area contributed by atoms with Crippen molar-refractivity contribution in [1.29, 1.82) is 0 Å². The van der Waals surface area contributed by atoms with Crippen molar-refractivity contribution in [2.24, 2.45) is 4.99 Å². The SMILES string of the molecule is Cc1csc(=O)n1CC(=O)N=c1sccn1Cc1ccccc1Cl. The largest absolute Gasteiger partial charge is 0.319 e. The maximum absolute atomic E-state index is 12.2. The van der Waals surface area contributed by atoms with E-state index in [4.69, 9.17) is 11.6 Å². The molecule has 0 spiro atoms. The predicted octanol–water partition coefficient (Wildman–Crippen LogP) is 2.91. The standard InChI is InChI=1S/C16H14ClN3O2S2/c1-11-10-24-16(22)20(11)9-14(21)18-15-19(6-7-23-15)8-12-4-2-3-5-13(12)17/h2-7,10H,8-9H2,1H3. The number of thiazole rings is 2. The van der Waals surface area contributed by atoms with E-state index in [-0.39, 0.29) is 17.3 Å². The van der Waals surface area contributed by atoms with Gasteiger partial charge in [-0.15, -0.1) is 11.3 Å². The number of halogens is 1. The molecular weight excluding hydrogens is 366 g/mol. The molecule has 5 nitrogen and oxygen atoms in total. The Bertz CT molecular complexity index is 997. The minimum atomic E-state index is -0.353. The van der Waals surface area contributed by atoms with Crippen LogP contribution in [0.5, 0.6) is 0 Å². The molecule has 2 heterocycles. The molecule has 3 aromatic rings. The molecule has 0 N–H and O–H groups in total. The number of amides is 1. The van der Waals surface area contributed by atoms with Crippen molar-refractivity contribution < 1.29 is 4.79 Å². The second-order valence-corrected chi connectivity index (χ2v) is 7.24. The van der Waals surface area contributed by atoms with E-state index in [1.165, 1.54) is 15.9 Å². The van der Waals surface area contributed by atoms with Crippen LogP contribution in [-0.4, -0.2) is 15.0 Å². The Morgan fingerprint density at radius 1 is 1.29 bits per heavy atom. The van der Waals surface area contributed by atoms with Gasteiger partial charge in [0.2, 0.25) is 0 Å². The third-order valence-electron chi connectivity index (χ3n) is 3.45. The lowest BCUT2D eigenvalue weighted by Gasteiger charge is -2.05. The molecule has 0 bridgehead atoms. The Hall–Kier alpha value is -1.96. The van der Waals surface area contributed by atoms with E-state index in [1.807, 2.05) is 40.4 Å². The zero-order valence-electron chi connectivity index (χ0n) is 12.8. The van der Waals surface area contributed by atoms with Crippen LogP contribution in [-0.2, 0) is 17.9 Å². The van der Waals surface area contributed by atoms with E-state index in [2.05, 4.69) is 4.99 Å². The molecule has 0 aliphatic carbocycles. The third kappa shape index (κ3) is 3.75. The van der Waals surface area contributed by atoms with Gasteiger partial charge < -0.3 is 4.57 Å². The van der Waals surface area contributed by atoms with Gasteiger partial charge in [0.1, 0.15) is 6.54 Å². The molecule has 0 fully saturated rings. The number of hydrogen-bond acceptors (Lipinski definition) is 4. The van der Waals surface area contributed by atoms with Crippen LogP contribution in [0, 0.1) is 6.92 Å². The molecule has 124 valence electrons. The van der Waals surface area contributed by atoms with Crippen molar-refractivity contribution in [3.63, 3.8) is 0 Å². The predicted molar refractivity (Wildman–Crippen MR) is 96.7 cm³/mol. The Morgan fingerprint density at radius 2 is 2.08 bits per heavy atom. The summed E-state index contributed by atoms with van der Waals surface area (Å²) in [6.07, 6.45) is 1.86. The quantitative estimate of drug-likeness (QED) is 0.699. The fraction of sp³-hybridized carbons (Fsp3) is 0.188. The van der Waals surface area contributed by atoms with Gasteiger partial charge in [0, 0.05) is 27.7 Å². The van der Waals surface area contributed by atoms with Gasteiger partial charge in [-0.3, -0.25) is 14.2 Å². The monoisotopic (exact) mass is 379 g/mol. The van der Waals surface area contributed by atoms with E-state index < -0.39 is 0 Å². The van der Waals surface area contributed by atoms with Crippen molar-refractivity contribution in [2.45, 2.75) is 20.0 Å². The summed E-state index contributed by atoms with van der Waals surface area (Å²) in [7, 11) is 0. The summed E-state index contributed by atoms with van der Waals surface area (Å²) in [4.78, 5) is 28.5. The first-order valence-electron chi connectivity index (χ1n) is 7.14. The summed E-state index contributed by atoms with van der Waals surface area (Å²) in [5.74, 6) is -0.353. The molecule has 0 saturated carbocycles. The molecule has 3 rings (SSSR count). The van der Waals surface area contributed by atoms with Gasteiger partial charge >= 0.3 is 4.87 Å². The molecule has 1 amide bonds. The molecular formula is C16H14ClN3O2S2. The molecule has 0 aliphatic heterocycles. The summed E-state index contributed by atoms with van der Waals surface area (Å²) in [5, 5.41) is 4.28. The lowest BCUT2D eigenvalue weighted by molar-refractivity contribution is -0.118. The van der Waals surface area contributed by atoms with Gasteiger partial charge in [0.15, 0.2) is 4.80 Å². The third-order valence-corrected chi connectivity index (χ3v) is 5.49. The zero-order chi connectivity index (χ0) is 17.1. The van der Waals surface area contributed by atoms with Crippen LogP contribution in [0.1, 0.15) is 11.3 Å². The van der Waals surface area contributed by atoms with Gasteiger partial charge in [-0.05, 0) is 18.6 Å². The van der Waals surface area contributed by atoms with Gasteiger partial charge in [-0.25, -0.2) is 0 Å². The highest BCUT2D eigenvalue weighted by molar-refractivity contribution is 7.07. The number of aromatic nitrogens is 2. The summed E-state index contributed by atoms with van der Waals surface area (Å²) < 4.78 is 3.30. The molecule has 0 saturated heterocycles. The highest BCUT2D eigenvalue weighted by atomic mass is 35.5.